The summed E-state index contributed by atoms with van der Waals surface area (Å²) in [4.78, 5) is 12.7. The quantitative estimate of drug-likeness (QED) is 0.458. The number of fused-ring (bicyclic) bond motifs is 1. The number of aliphatic hydroxyl groups is 3. The fraction of sp³-hybridized carbons (Fsp3) is 0.409. The summed E-state index contributed by atoms with van der Waals surface area (Å²) in [6.07, 6.45) is -7.24. The van der Waals surface area contributed by atoms with Crippen LogP contribution in [0.15, 0.2) is 30.3 Å². The minimum atomic E-state index is -1.54. The highest BCUT2D eigenvalue weighted by Gasteiger charge is 2.43. The maximum atomic E-state index is 12.7. The lowest BCUT2D eigenvalue weighted by Gasteiger charge is -2.39. The minimum absolute atomic E-state index is 0.0136. The molecule has 0 unspecified atom stereocenters. The molecular formula is C22H24O10. The van der Waals surface area contributed by atoms with Gasteiger partial charge in [-0.25, -0.2) is 0 Å². The predicted octanol–water partition coefficient (Wildman–Crippen LogP) is 1.02. The number of aromatic hydroxyl groups is 2. The van der Waals surface area contributed by atoms with Crippen LogP contribution < -0.4 is 14.2 Å². The third kappa shape index (κ3) is 3.93. The summed E-state index contributed by atoms with van der Waals surface area (Å²) in [5.41, 5.74) is 0.519. The van der Waals surface area contributed by atoms with Gasteiger partial charge in [0.1, 0.15) is 47.2 Å². The first-order valence-electron chi connectivity index (χ1n) is 9.99. The van der Waals surface area contributed by atoms with Crippen molar-refractivity contribution in [2.75, 3.05) is 7.11 Å². The fourth-order valence-electron chi connectivity index (χ4n) is 3.82. The van der Waals surface area contributed by atoms with Crippen LogP contribution >= 0.6 is 0 Å². The highest BCUT2D eigenvalue weighted by atomic mass is 16.7. The smallest absolute Gasteiger partial charge is 0.229 e. The van der Waals surface area contributed by atoms with Crippen molar-refractivity contribution >= 4 is 5.78 Å². The fourth-order valence-corrected chi connectivity index (χ4v) is 3.82. The zero-order valence-electron chi connectivity index (χ0n) is 17.3. The van der Waals surface area contributed by atoms with Gasteiger partial charge in [-0.05, 0) is 24.6 Å². The molecule has 1 fully saturated rings. The van der Waals surface area contributed by atoms with Crippen molar-refractivity contribution in [2.24, 2.45) is 0 Å². The molecule has 0 aliphatic carbocycles. The number of methoxy groups -OCH3 is 1. The molecule has 10 heteroatoms. The van der Waals surface area contributed by atoms with Gasteiger partial charge in [0.15, 0.2) is 17.3 Å². The van der Waals surface area contributed by atoms with Crippen LogP contribution in [-0.2, 0) is 4.74 Å². The number of benzene rings is 2. The number of carbonyl (C=O) groups is 1. The number of rotatable bonds is 4. The summed E-state index contributed by atoms with van der Waals surface area (Å²) in [5.74, 6) is -0.501. The van der Waals surface area contributed by atoms with E-state index in [0.29, 0.717) is 5.56 Å². The second kappa shape index (κ2) is 8.47. The molecule has 1 saturated heterocycles. The molecule has 0 bridgehead atoms. The van der Waals surface area contributed by atoms with Gasteiger partial charge in [-0.15, -0.1) is 0 Å². The lowest BCUT2D eigenvalue weighted by atomic mass is 9.95. The summed E-state index contributed by atoms with van der Waals surface area (Å²) in [5, 5.41) is 50.3. The summed E-state index contributed by atoms with van der Waals surface area (Å²) in [6.45, 7) is 1.51. The molecule has 0 aromatic heterocycles. The van der Waals surface area contributed by atoms with Gasteiger partial charge in [-0.2, -0.15) is 0 Å². The molecule has 172 valence electrons. The Morgan fingerprint density at radius 1 is 1.00 bits per heavy atom. The first-order valence-corrected chi connectivity index (χ1v) is 9.99. The number of hydrogen-bond donors (Lipinski definition) is 5. The topological polar surface area (TPSA) is 155 Å². The second-order valence-corrected chi connectivity index (χ2v) is 7.78. The number of ether oxygens (including phenoxy) is 4. The normalized spacial score (nSPS) is 29.7. The molecular weight excluding hydrogens is 424 g/mol. The molecule has 2 aromatic carbocycles. The van der Waals surface area contributed by atoms with Gasteiger partial charge >= 0.3 is 0 Å². The van der Waals surface area contributed by atoms with Gasteiger partial charge in [-0.1, -0.05) is 6.07 Å². The number of phenols is 2. The van der Waals surface area contributed by atoms with Crippen molar-refractivity contribution in [2.45, 2.75) is 50.2 Å². The molecule has 5 N–H and O–H groups in total. The first-order chi connectivity index (χ1) is 15.2. The molecule has 4 rings (SSSR count). The highest BCUT2D eigenvalue weighted by molar-refractivity contribution is 6.02. The van der Waals surface area contributed by atoms with E-state index in [4.69, 9.17) is 18.9 Å². The SMILES string of the molecule is COc1ccc([C@@H]2CC(=O)c3c(O)cc(O[C@@H]4O[C@@H](C)[C@H](O)[C@@H](O)[C@H]4O)cc3O2)cc1O. The van der Waals surface area contributed by atoms with E-state index >= 15 is 0 Å². The average Bonchev–Trinajstić information content (AvgIpc) is 2.75. The summed E-state index contributed by atoms with van der Waals surface area (Å²) < 4.78 is 21.9. The molecule has 2 aliphatic rings. The van der Waals surface area contributed by atoms with Crippen molar-refractivity contribution in [3.05, 3.63) is 41.5 Å². The van der Waals surface area contributed by atoms with Crippen LogP contribution in [0.2, 0.25) is 0 Å². The Morgan fingerprint density at radius 2 is 1.75 bits per heavy atom. The van der Waals surface area contributed by atoms with E-state index in [0.717, 1.165) is 0 Å². The third-order valence-corrected chi connectivity index (χ3v) is 5.61. The zero-order chi connectivity index (χ0) is 23.2. The maximum Gasteiger partial charge on any atom is 0.229 e. The maximum absolute atomic E-state index is 12.7. The van der Waals surface area contributed by atoms with Gasteiger partial charge in [0.2, 0.25) is 6.29 Å². The number of aliphatic hydroxyl groups excluding tert-OH is 3. The van der Waals surface area contributed by atoms with E-state index in [2.05, 4.69) is 0 Å². The molecule has 2 aromatic rings. The lowest BCUT2D eigenvalue weighted by Crippen LogP contribution is -2.58. The Hall–Kier alpha value is -3.05. The van der Waals surface area contributed by atoms with Crippen molar-refractivity contribution in [3.8, 4) is 28.7 Å². The summed E-state index contributed by atoms with van der Waals surface area (Å²) in [6, 6.07) is 7.18. The predicted molar refractivity (Wildman–Crippen MR) is 108 cm³/mol. The molecule has 2 heterocycles. The third-order valence-electron chi connectivity index (χ3n) is 5.61. The van der Waals surface area contributed by atoms with E-state index < -0.39 is 36.8 Å². The van der Waals surface area contributed by atoms with Gasteiger partial charge < -0.3 is 44.5 Å². The monoisotopic (exact) mass is 448 g/mol. The van der Waals surface area contributed by atoms with E-state index in [9.17, 15) is 30.3 Å². The van der Waals surface area contributed by atoms with Gasteiger partial charge in [0.25, 0.3) is 0 Å². The average molecular weight is 448 g/mol. The minimum Gasteiger partial charge on any atom is -0.507 e. The van der Waals surface area contributed by atoms with E-state index in [1.165, 1.54) is 32.2 Å². The van der Waals surface area contributed by atoms with Crippen LogP contribution in [-0.4, -0.2) is 69.1 Å². The molecule has 10 nitrogen and oxygen atoms in total. The van der Waals surface area contributed by atoms with Gasteiger partial charge in [0, 0.05) is 12.1 Å². The number of ketones is 1. The van der Waals surface area contributed by atoms with Crippen LogP contribution in [0, 0.1) is 0 Å². The molecule has 6 atom stereocenters. The Kier molecular flexibility index (Phi) is 5.87. The molecule has 0 radical (unpaired) electrons. The van der Waals surface area contributed by atoms with Gasteiger partial charge in [0.05, 0.1) is 19.6 Å². The van der Waals surface area contributed by atoms with Gasteiger partial charge in [-0.3, -0.25) is 4.79 Å². The van der Waals surface area contributed by atoms with Crippen LogP contribution in [0.1, 0.15) is 35.4 Å². The second-order valence-electron chi connectivity index (χ2n) is 7.78. The van der Waals surface area contributed by atoms with E-state index in [-0.39, 0.29) is 46.5 Å². The standard InChI is InChI=1S/C22H24O10/c1-9-19(26)20(27)21(28)22(30-9)31-11-6-13(24)18-14(25)8-16(32-17(18)7-11)10-3-4-15(29-2)12(23)5-10/h3-7,9,16,19-24,26-28H,8H2,1-2H3/t9-,16-,19-,20+,21+,22-/m0/s1. The Morgan fingerprint density at radius 3 is 2.44 bits per heavy atom. The van der Waals surface area contributed by atoms with Crippen LogP contribution in [0.4, 0.5) is 0 Å². The highest BCUT2D eigenvalue weighted by Crippen LogP contribution is 2.43. The zero-order valence-corrected chi connectivity index (χ0v) is 17.3. The number of phenolic OH excluding ortho intramolecular Hbond substituents is 2. The molecule has 0 saturated carbocycles. The number of Topliss-reactive ketones (excluding diaryl/α,β-unsaturated/α-hetero) is 1. The van der Waals surface area contributed by atoms with Crippen molar-refractivity contribution < 1.29 is 49.3 Å². The first kappa shape index (κ1) is 22.2. The summed E-state index contributed by atoms with van der Waals surface area (Å²) >= 11 is 0. The van der Waals surface area contributed by atoms with Crippen LogP contribution in [0.25, 0.3) is 0 Å². The number of hydrogen-bond acceptors (Lipinski definition) is 10. The van der Waals surface area contributed by atoms with E-state index in [1.807, 2.05) is 0 Å². The lowest BCUT2D eigenvalue weighted by molar-refractivity contribution is -0.268. The molecule has 0 amide bonds. The number of carbonyl (C=O) groups excluding carboxylic acids is 1. The van der Waals surface area contributed by atoms with Crippen molar-refractivity contribution in [1.82, 2.24) is 0 Å². The Bertz CT molecular complexity index is 1020. The Labute approximate surface area is 183 Å². The van der Waals surface area contributed by atoms with Crippen molar-refractivity contribution in [3.63, 3.8) is 0 Å². The van der Waals surface area contributed by atoms with Crippen LogP contribution in [0.5, 0.6) is 28.7 Å². The molecule has 0 spiro atoms. The van der Waals surface area contributed by atoms with Crippen LogP contribution in [0.3, 0.4) is 0 Å². The molecule has 32 heavy (non-hydrogen) atoms. The van der Waals surface area contributed by atoms with Crippen molar-refractivity contribution in [1.29, 1.82) is 0 Å². The van der Waals surface area contributed by atoms with E-state index in [1.54, 1.807) is 12.1 Å². The molecule has 2 aliphatic heterocycles. The summed E-state index contributed by atoms with van der Waals surface area (Å²) in [7, 11) is 1.42. The largest absolute Gasteiger partial charge is 0.507 e. The Balaban J connectivity index is 1.60.